The van der Waals surface area contributed by atoms with E-state index in [1.165, 1.54) is 12.1 Å². The van der Waals surface area contributed by atoms with Gasteiger partial charge < -0.3 is 10.6 Å². The van der Waals surface area contributed by atoms with Crippen molar-refractivity contribution in [2.75, 3.05) is 17.7 Å². The summed E-state index contributed by atoms with van der Waals surface area (Å²) in [5.74, 6) is 0.978. The fourth-order valence-electron chi connectivity index (χ4n) is 1.47. The summed E-state index contributed by atoms with van der Waals surface area (Å²) in [5, 5.41) is 6.04. The van der Waals surface area contributed by atoms with Gasteiger partial charge in [0.25, 0.3) is 0 Å². The van der Waals surface area contributed by atoms with Gasteiger partial charge in [0.2, 0.25) is 5.95 Å². The highest BCUT2D eigenvalue weighted by molar-refractivity contribution is 14.1. The lowest BCUT2D eigenvalue weighted by Gasteiger charge is -2.09. The monoisotopic (exact) mass is 358 g/mol. The van der Waals surface area contributed by atoms with Gasteiger partial charge in [0.05, 0.1) is 5.69 Å². The number of hydrogen-bond donors (Lipinski definition) is 2. The normalized spacial score (nSPS) is 10.2. The summed E-state index contributed by atoms with van der Waals surface area (Å²) in [6.45, 7) is 1.89. The van der Waals surface area contributed by atoms with Crippen molar-refractivity contribution < 1.29 is 4.39 Å². The van der Waals surface area contributed by atoms with Crippen LogP contribution in [0.2, 0.25) is 0 Å². The number of nitrogens with zero attached hydrogens (tertiary/aromatic N) is 2. The quantitative estimate of drug-likeness (QED) is 0.827. The van der Waals surface area contributed by atoms with Crippen LogP contribution in [0.3, 0.4) is 0 Å². The average molecular weight is 358 g/mol. The number of aryl methyl sites for hydroxylation is 1. The van der Waals surface area contributed by atoms with Gasteiger partial charge >= 0.3 is 0 Å². The van der Waals surface area contributed by atoms with Crippen molar-refractivity contribution >= 4 is 40.0 Å². The number of halogens is 2. The molecule has 0 saturated heterocycles. The first-order chi connectivity index (χ1) is 8.58. The molecule has 2 aromatic rings. The highest BCUT2D eigenvalue weighted by Gasteiger charge is 2.05. The van der Waals surface area contributed by atoms with Crippen LogP contribution in [0.25, 0.3) is 0 Å². The van der Waals surface area contributed by atoms with Crippen molar-refractivity contribution in [3.63, 3.8) is 0 Å². The van der Waals surface area contributed by atoms with Crippen LogP contribution >= 0.6 is 22.6 Å². The van der Waals surface area contributed by atoms with Gasteiger partial charge in [-0.25, -0.2) is 9.37 Å². The van der Waals surface area contributed by atoms with Crippen LogP contribution in [0.1, 0.15) is 5.69 Å². The smallest absolute Gasteiger partial charge is 0.224 e. The summed E-state index contributed by atoms with van der Waals surface area (Å²) in [6, 6.07) is 6.40. The highest BCUT2D eigenvalue weighted by atomic mass is 127. The van der Waals surface area contributed by atoms with Gasteiger partial charge in [-0.1, -0.05) is 0 Å². The number of nitrogens with one attached hydrogen (secondary N) is 2. The zero-order valence-electron chi connectivity index (χ0n) is 9.96. The second-order valence-electron chi connectivity index (χ2n) is 3.72. The minimum atomic E-state index is -0.250. The predicted octanol–water partition coefficient (Wildman–Crippen LogP) is 3.31. The molecular formula is C12H12FIN4. The molecule has 0 radical (unpaired) electrons. The van der Waals surface area contributed by atoms with E-state index in [4.69, 9.17) is 0 Å². The minimum absolute atomic E-state index is 0.250. The lowest BCUT2D eigenvalue weighted by molar-refractivity contribution is 0.627. The van der Waals surface area contributed by atoms with Gasteiger partial charge in [-0.2, -0.15) is 4.98 Å². The maximum atomic E-state index is 13.0. The first-order valence-electron chi connectivity index (χ1n) is 5.34. The Kier molecular flexibility index (Phi) is 3.95. The number of rotatable bonds is 3. The largest absolute Gasteiger partial charge is 0.357 e. The van der Waals surface area contributed by atoms with Crippen LogP contribution in [0.4, 0.5) is 21.8 Å². The maximum Gasteiger partial charge on any atom is 0.224 e. The third kappa shape index (κ3) is 3.06. The Bertz CT molecular complexity index is 574. The van der Waals surface area contributed by atoms with Crippen LogP contribution in [-0.4, -0.2) is 17.0 Å². The Morgan fingerprint density at radius 2 is 2.00 bits per heavy atom. The second-order valence-corrected chi connectivity index (χ2v) is 4.88. The topological polar surface area (TPSA) is 49.8 Å². The highest BCUT2D eigenvalue weighted by Crippen LogP contribution is 2.23. The van der Waals surface area contributed by atoms with Crippen LogP contribution in [0.15, 0.2) is 24.3 Å². The van der Waals surface area contributed by atoms with Crippen molar-refractivity contribution in [1.82, 2.24) is 9.97 Å². The molecule has 0 spiro atoms. The molecule has 1 aromatic carbocycles. The Labute approximate surface area is 118 Å². The van der Waals surface area contributed by atoms with Crippen molar-refractivity contribution in [2.45, 2.75) is 6.92 Å². The van der Waals surface area contributed by atoms with E-state index < -0.39 is 0 Å². The molecule has 0 bridgehead atoms. The molecule has 0 atom stereocenters. The molecule has 18 heavy (non-hydrogen) atoms. The number of hydrogen-bond acceptors (Lipinski definition) is 4. The molecule has 2 rings (SSSR count). The molecule has 6 heteroatoms. The molecule has 0 unspecified atom stereocenters. The molecule has 0 amide bonds. The minimum Gasteiger partial charge on any atom is -0.357 e. The lowest BCUT2D eigenvalue weighted by Crippen LogP contribution is -2.02. The van der Waals surface area contributed by atoms with Gasteiger partial charge in [-0.05, 0) is 47.7 Å². The van der Waals surface area contributed by atoms with Crippen molar-refractivity contribution in [3.8, 4) is 0 Å². The summed E-state index contributed by atoms with van der Waals surface area (Å²) < 4.78 is 13.8. The Morgan fingerprint density at radius 3 is 2.67 bits per heavy atom. The first-order valence-corrected chi connectivity index (χ1v) is 6.42. The first kappa shape index (κ1) is 13.0. The molecule has 0 saturated carbocycles. The zero-order valence-corrected chi connectivity index (χ0v) is 12.1. The number of aromatic nitrogens is 2. The molecule has 0 aliphatic heterocycles. The maximum absolute atomic E-state index is 13.0. The molecule has 4 nitrogen and oxygen atoms in total. The molecule has 1 aromatic heterocycles. The molecule has 1 heterocycles. The summed E-state index contributed by atoms with van der Waals surface area (Å²) in [7, 11) is 1.76. The lowest BCUT2D eigenvalue weighted by atomic mass is 10.3. The molecule has 94 valence electrons. The molecule has 2 N–H and O–H groups in total. The Morgan fingerprint density at radius 1 is 1.22 bits per heavy atom. The van der Waals surface area contributed by atoms with Crippen molar-refractivity contribution in [3.05, 3.63) is 39.3 Å². The van der Waals surface area contributed by atoms with E-state index in [9.17, 15) is 4.39 Å². The van der Waals surface area contributed by atoms with Crippen LogP contribution in [0.5, 0.6) is 0 Å². The van der Waals surface area contributed by atoms with E-state index in [0.717, 1.165) is 15.0 Å². The predicted molar refractivity (Wildman–Crippen MR) is 78.7 cm³/mol. The molecular weight excluding hydrogens is 346 g/mol. The van der Waals surface area contributed by atoms with Crippen molar-refractivity contribution in [1.29, 1.82) is 0 Å². The van der Waals surface area contributed by atoms with Crippen LogP contribution in [-0.2, 0) is 0 Å². The SMILES string of the molecule is CNc1nc(C)cc(Nc2ccc(F)cc2I)n1. The summed E-state index contributed by atoms with van der Waals surface area (Å²) in [5.41, 5.74) is 1.67. The average Bonchev–Trinajstić information content (AvgIpc) is 2.32. The Balaban J connectivity index is 2.30. The number of benzene rings is 1. The summed E-state index contributed by atoms with van der Waals surface area (Å²) in [6.07, 6.45) is 0. The summed E-state index contributed by atoms with van der Waals surface area (Å²) in [4.78, 5) is 8.49. The fourth-order valence-corrected chi connectivity index (χ4v) is 2.09. The molecule has 0 aliphatic rings. The molecule has 0 aliphatic carbocycles. The standard InChI is InChI=1S/C12H12FIN4/c1-7-5-11(18-12(15-2)16-7)17-10-4-3-8(13)6-9(10)14/h3-6H,1-2H3,(H2,15,16,17,18). The van der Waals surface area contributed by atoms with E-state index in [0.29, 0.717) is 11.8 Å². The van der Waals surface area contributed by atoms with Gasteiger partial charge in [0.1, 0.15) is 11.6 Å². The van der Waals surface area contributed by atoms with Crippen molar-refractivity contribution in [2.24, 2.45) is 0 Å². The third-order valence-electron chi connectivity index (χ3n) is 2.27. The third-order valence-corrected chi connectivity index (χ3v) is 3.16. The zero-order chi connectivity index (χ0) is 13.1. The van der Waals surface area contributed by atoms with Crippen LogP contribution < -0.4 is 10.6 Å². The van der Waals surface area contributed by atoms with Gasteiger partial charge in [-0.15, -0.1) is 0 Å². The van der Waals surface area contributed by atoms with E-state index >= 15 is 0 Å². The second kappa shape index (κ2) is 5.47. The number of anilines is 3. The Hall–Kier alpha value is -1.44. The summed E-state index contributed by atoms with van der Waals surface area (Å²) >= 11 is 2.08. The van der Waals surface area contributed by atoms with Gasteiger partial charge in [0.15, 0.2) is 0 Å². The van der Waals surface area contributed by atoms with Gasteiger partial charge in [0, 0.05) is 22.4 Å². The van der Waals surface area contributed by atoms with E-state index in [-0.39, 0.29) is 5.82 Å². The van der Waals surface area contributed by atoms with E-state index in [1.54, 1.807) is 13.1 Å². The van der Waals surface area contributed by atoms with Crippen LogP contribution in [0, 0.1) is 16.3 Å². The fraction of sp³-hybridized carbons (Fsp3) is 0.167. The van der Waals surface area contributed by atoms with Gasteiger partial charge in [-0.3, -0.25) is 0 Å². The van der Waals surface area contributed by atoms with E-state index in [1.807, 2.05) is 13.0 Å². The molecule has 0 fully saturated rings. The van der Waals surface area contributed by atoms with E-state index in [2.05, 4.69) is 43.2 Å².